The second-order valence-corrected chi connectivity index (χ2v) is 11.3. The van der Waals surface area contributed by atoms with Gasteiger partial charge in [-0.05, 0) is 40.1 Å². The van der Waals surface area contributed by atoms with Crippen LogP contribution in [0.15, 0.2) is 22.7 Å². The Balaban J connectivity index is 1.51. The lowest BCUT2D eigenvalue weighted by Crippen LogP contribution is -2.65. The molecule has 15 heteroatoms. The van der Waals surface area contributed by atoms with Gasteiger partial charge >= 0.3 is 0 Å². The number of fused-ring (bicyclic) bond motifs is 1. The van der Waals surface area contributed by atoms with Gasteiger partial charge < -0.3 is 64.6 Å². The Kier molecular flexibility index (Phi) is 9.82. The summed E-state index contributed by atoms with van der Waals surface area (Å²) >= 11 is 9.75. The Morgan fingerprint density at radius 2 is 1.93 bits per heavy atom. The van der Waals surface area contributed by atoms with Gasteiger partial charge in [-0.2, -0.15) is 0 Å². The molecule has 1 aromatic carbocycles. The molecule has 40 heavy (non-hydrogen) atoms. The Hall–Kier alpha value is -1.40. The first-order chi connectivity index (χ1) is 18.8. The van der Waals surface area contributed by atoms with E-state index in [0.29, 0.717) is 21.5 Å². The summed E-state index contributed by atoms with van der Waals surface area (Å²) in [5.41, 5.74) is 1.39. The van der Waals surface area contributed by atoms with Gasteiger partial charge in [0.25, 0.3) is 0 Å². The molecule has 0 aromatic heterocycles. The van der Waals surface area contributed by atoms with E-state index in [9.17, 15) is 45.6 Å². The number of aliphatic carboxylic acids is 1. The van der Waals surface area contributed by atoms with Crippen LogP contribution in [0, 0.1) is 5.92 Å². The number of rotatable bonds is 9. The second-order valence-electron chi connectivity index (χ2n) is 10.1. The average molecular weight is 655 g/mol. The number of carbonyl (C=O) groups is 1. The van der Waals surface area contributed by atoms with Crippen LogP contribution in [0.5, 0.6) is 0 Å². The highest BCUT2D eigenvalue weighted by atomic mass is 79.9. The molecule has 7 N–H and O–H groups in total. The van der Waals surface area contributed by atoms with Crippen molar-refractivity contribution in [1.82, 2.24) is 0 Å². The summed E-state index contributed by atoms with van der Waals surface area (Å²) in [5.74, 6) is -5.22. The minimum atomic E-state index is -2.67. The van der Waals surface area contributed by atoms with Crippen molar-refractivity contribution in [3.05, 3.63) is 38.8 Å². The topological polar surface area (TPSA) is 219 Å². The molecule has 0 saturated carbocycles. The molecule has 11 atom stereocenters. The maximum Gasteiger partial charge on any atom is 0.229 e. The summed E-state index contributed by atoms with van der Waals surface area (Å²) < 4.78 is 23.1. The monoisotopic (exact) mass is 653 g/mol. The number of carbonyl (C=O) groups excluding carboxylic acids is 1. The molecule has 224 valence electrons. The Morgan fingerprint density at radius 3 is 2.58 bits per heavy atom. The zero-order valence-electron chi connectivity index (χ0n) is 21.2. The fourth-order valence-electron chi connectivity index (χ4n) is 4.98. The van der Waals surface area contributed by atoms with Crippen molar-refractivity contribution in [3.8, 4) is 0 Å². The van der Waals surface area contributed by atoms with Crippen LogP contribution in [-0.2, 0) is 30.2 Å². The molecule has 2 saturated heterocycles. The first-order valence-electron chi connectivity index (χ1n) is 12.5. The van der Waals surface area contributed by atoms with Crippen LogP contribution in [0.25, 0.3) is 5.76 Å². The van der Waals surface area contributed by atoms with Gasteiger partial charge in [0.2, 0.25) is 12.1 Å². The maximum absolute atomic E-state index is 12.2. The van der Waals surface area contributed by atoms with Crippen LogP contribution >= 0.6 is 27.5 Å². The molecule has 3 aliphatic rings. The third-order valence-corrected chi connectivity index (χ3v) is 8.77. The lowest BCUT2D eigenvalue weighted by Gasteiger charge is -2.49. The van der Waals surface area contributed by atoms with Crippen LogP contribution in [-0.4, -0.2) is 116 Å². The largest absolute Gasteiger partial charge is 0.544 e. The molecule has 0 amide bonds. The first-order valence-corrected chi connectivity index (χ1v) is 13.7. The molecule has 4 rings (SSSR count). The normalized spacial score (nSPS) is 37.4. The summed E-state index contributed by atoms with van der Waals surface area (Å²) in [5, 5.41) is 84.0. The van der Waals surface area contributed by atoms with Gasteiger partial charge in [-0.25, -0.2) is 0 Å². The highest BCUT2D eigenvalue weighted by Gasteiger charge is 2.52. The van der Waals surface area contributed by atoms with Crippen molar-refractivity contribution in [2.45, 2.75) is 80.7 Å². The zero-order valence-corrected chi connectivity index (χ0v) is 23.5. The van der Waals surface area contributed by atoms with E-state index in [1.54, 1.807) is 12.1 Å². The standard InChI is InChI=1S/C25H32BrClO13/c1-9-12(29)6-25(24(35)36,40-22(9)18(31)13(30)7-28)37-8-15-19(32)20(33)21(34)23(39-15)38-14-5-3-10-2-4-11(26)17(27)16(10)14/h2,4-5,9,12-13,15,18-23,28-34H,3,6-8H2,1H3,(H,35,36)/p-1/t9-,12-,13-,15?,18-,19+,20+,21?,22?,23-,25-/m1/s1. The molecule has 0 spiro atoms. The van der Waals surface area contributed by atoms with Gasteiger partial charge in [0.05, 0.1) is 30.4 Å². The summed E-state index contributed by atoms with van der Waals surface area (Å²) in [4.78, 5) is 12.2. The van der Waals surface area contributed by atoms with Crippen LogP contribution in [0.1, 0.15) is 24.5 Å². The van der Waals surface area contributed by atoms with Gasteiger partial charge in [-0.3, -0.25) is 0 Å². The summed E-state index contributed by atoms with van der Waals surface area (Å²) in [6, 6.07) is 3.60. The summed E-state index contributed by atoms with van der Waals surface area (Å²) in [6.45, 7) is -0.181. The van der Waals surface area contributed by atoms with E-state index in [-0.39, 0.29) is 5.76 Å². The van der Waals surface area contributed by atoms with Gasteiger partial charge in [0.1, 0.15) is 48.4 Å². The number of hydrogen-bond donors (Lipinski definition) is 7. The summed E-state index contributed by atoms with van der Waals surface area (Å²) in [7, 11) is 0. The summed E-state index contributed by atoms with van der Waals surface area (Å²) in [6.07, 6.45) is -13.2. The van der Waals surface area contributed by atoms with Crippen LogP contribution < -0.4 is 5.11 Å². The molecule has 2 fully saturated rings. The van der Waals surface area contributed by atoms with Crippen molar-refractivity contribution in [2.24, 2.45) is 5.92 Å². The van der Waals surface area contributed by atoms with E-state index >= 15 is 0 Å². The highest BCUT2D eigenvalue weighted by molar-refractivity contribution is 9.10. The molecule has 3 unspecified atom stereocenters. The maximum atomic E-state index is 12.2. The lowest BCUT2D eigenvalue weighted by molar-refractivity contribution is -0.390. The first kappa shape index (κ1) is 31.5. The number of halogens is 2. The number of benzene rings is 1. The SMILES string of the molecule is C[C@H]1C([C@H](O)[C@H](O)CO)O[C@@](OCC2O[C@@H](OC3=CCc4ccc(Br)c(Cl)c43)C(O)[C@@H](O)[C@H]2O)(C(=O)[O-])C[C@H]1O. The van der Waals surface area contributed by atoms with E-state index in [2.05, 4.69) is 15.9 Å². The quantitative estimate of drug-likeness (QED) is 0.150. The van der Waals surface area contributed by atoms with E-state index in [4.69, 9.17) is 30.5 Å². The number of aliphatic hydroxyl groups is 7. The Morgan fingerprint density at radius 1 is 1.23 bits per heavy atom. The van der Waals surface area contributed by atoms with E-state index in [1.165, 1.54) is 6.92 Å². The minimum absolute atomic E-state index is 0.256. The molecule has 1 aromatic rings. The van der Waals surface area contributed by atoms with Crippen molar-refractivity contribution >= 4 is 39.3 Å². The smallest absolute Gasteiger partial charge is 0.229 e. The lowest BCUT2D eigenvalue weighted by atomic mass is 9.84. The number of ether oxygens (including phenoxy) is 4. The second kappa shape index (κ2) is 12.5. The molecule has 0 radical (unpaired) electrons. The highest BCUT2D eigenvalue weighted by Crippen LogP contribution is 2.41. The Labute approximate surface area is 242 Å². The third-order valence-electron chi connectivity index (χ3n) is 7.49. The van der Waals surface area contributed by atoms with Crippen molar-refractivity contribution in [3.63, 3.8) is 0 Å². The van der Waals surface area contributed by atoms with E-state index in [0.717, 1.165) is 5.56 Å². The van der Waals surface area contributed by atoms with Crippen molar-refractivity contribution in [1.29, 1.82) is 0 Å². The van der Waals surface area contributed by atoms with Gasteiger partial charge in [-0.1, -0.05) is 24.6 Å². The molecule has 2 heterocycles. The molecular formula is C25H31BrClO13-. The molecule has 2 aliphatic heterocycles. The van der Waals surface area contributed by atoms with Crippen molar-refractivity contribution in [2.75, 3.05) is 13.2 Å². The molecule has 1 aliphatic carbocycles. The predicted octanol–water partition coefficient (Wildman–Crippen LogP) is -2.21. The molecule has 13 nitrogen and oxygen atoms in total. The fourth-order valence-corrected chi connectivity index (χ4v) is 5.59. The van der Waals surface area contributed by atoms with Crippen molar-refractivity contribution < 1.29 is 64.6 Å². The van der Waals surface area contributed by atoms with Gasteiger partial charge in [0.15, 0.2) is 0 Å². The number of carboxylic acids is 1. The minimum Gasteiger partial charge on any atom is -0.544 e. The van der Waals surface area contributed by atoms with Crippen LogP contribution in [0.4, 0.5) is 0 Å². The number of carboxylic acid groups (broad SMARTS) is 1. The van der Waals surface area contributed by atoms with Crippen LogP contribution in [0.2, 0.25) is 5.02 Å². The molecule has 0 bridgehead atoms. The number of allylic oxidation sites excluding steroid dienone is 1. The number of hydrogen-bond acceptors (Lipinski definition) is 13. The Bertz CT molecular complexity index is 1120. The third kappa shape index (κ3) is 5.91. The fraction of sp³-hybridized carbons (Fsp3) is 0.640. The predicted molar refractivity (Wildman–Crippen MR) is 136 cm³/mol. The van der Waals surface area contributed by atoms with Crippen LogP contribution in [0.3, 0.4) is 0 Å². The van der Waals surface area contributed by atoms with Gasteiger partial charge in [-0.15, -0.1) is 0 Å². The zero-order chi connectivity index (χ0) is 29.5. The van der Waals surface area contributed by atoms with E-state index in [1.807, 2.05) is 6.07 Å². The van der Waals surface area contributed by atoms with E-state index < -0.39 is 92.4 Å². The van der Waals surface area contributed by atoms with Gasteiger partial charge in [0, 0.05) is 22.4 Å². The average Bonchev–Trinajstić information content (AvgIpc) is 3.34. The molecular weight excluding hydrogens is 624 g/mol. The number of aliphatic hydroxyl groups excluding tert-OH is 7.